The van der Waals surface area contributed by atoms with Crippen molar-refractivity contribution in [3.8, 4) is 5.75 Å². The molecule has 0 aliphatic heterocycles. The molecule has 0 aliphatic carbocycles. The summed E-state index contributed by atoms with van der Waals surface area (Å²) < 4.78 is 34.0. The summed E-state index contributed by atoms with van der Waals surface area (Å²) in [6, 6.07) is 19.2. The molecular formula is C30H36ClN3O5S. The van der Waals surface area contributed by atoms with Crippen LogP contribution < -0.4 is 14.4 Å². The van der Waals surface area contributed by atoms with Crippen LogP contribution in [0, 0.1) is 6.92 Å². The van der Waals surface area contributed by atoms with Gasteiger partial charge in [0.25, 0.3) is 10.0 Å². The second-order valence-electron chi connectivity index (χ2n) is 9.31. The molecule has 1 N–H and O–H groups in total. The van der Waals surface area contributed by atoms with Crippen molar-refractivity contribution in [2.75, 3.05) is 24.5 Å². The van der Waals surface area contributed by atoms with E-state index in [1.165, 1.54) is 36.3 Å². The van der Waals surface area contributed by atoms with E-state index in [9.17, 15) is 18.0 Å². The van der Waals surface area contributed by atoms with Crippen molar-refractivity contribution in [1.29, 1.82) is 0 Å². The molecule has 10 heteroatoms. The fourth-order valence-electron chi connectivity index (χ4n) is 4.32. The first-order valence-corrected chi connectivity index (χ1v) is 15.0. The smallest absolute Gasteiger partial charge is 0.264 e. The Morgan fingerprint density at radius 1 is 1.00 bits per heavy atom. The molecule has 40 heavy (non-hydrogen) atoms. The van der Waals surface area contributed by atoms with E-state index in [4.69, 9.17) is 16.3 Å². The number of ether oxygens (including phenoxy) is 1. The van der Waals surface area contributed by atoms with Crippen molar-refractivity contribution in [3.05, 3.63) is 88.9 Å². The van der Waals surface area contributed by atoms with Gasteiger partial charge in [0.1, 0.15) is 18.3 Å². The molecular weight excluding hydrogens is 550 g/mol. The van der Waals surface area contributed by atoms with Crippen LogP contribution in [0.1, 0.15) is 37.8 Å². The van der Waals surface area contributed by atoms with Gasteiger partial charge in [0, 0.05) is 13.1 Å². The number of nitrogens with one attached hydrogen (secondary N) is 1. The fourth-order valence-corrected chi connectivity index (χ4v) is 5.99. The lowest BCUT2D eigenvalue weighted by atomic mass is 10.1. The quantitative estimate of drug-likeness (QED) is 0.298. The van der Waals surface area contributed by atoms with Gasteiger partial charge in [-0.25, -0.2) is 8.42 Å². The molecule has 0 fully saturated rings. The number of hydrogen-bond acceptors (Lipinski definition) is 5. The van der Waals surface area contributed by atoms with Crippen LogP contribution >= 0.6 is 11.6 Å². The second kappa shape index (κ2) is 14.2. The standard InChI is InChI=1S/C30H36ClN3O5S/c1-5-18-32-30(36)27(6-2)33(20-23-13-11-10-12-22(23)3)29(35)21-34(24-16-17-28(39-4)26(31)19-24)40(37,38)25-14-8-7-9-15-25/h7-17,19,27H,5-6,18,20-21H2,1-4H3,(H,32,36)/t27-/m0/s1. The van der Waals surface area contributed by atoms with E-state index < -0.39 is 28.5 Å². The molecule has 0 bridgehead atoms. The summed E-state index contributed by atoms with van der Waals surface area (Å²) in [5.41, 5.74) is 2.02. The number of sulfonamides is 1. The number of anilines is 1. The number of halogens is 1. The van der Waals surface area contributed by atoms with Gasteiger partial charge in [-0.15, -0.1) is 0 Å². The molecule has 1 atom stereocenters. The number of rotatable bonds is 13. The third-order valence-electron chi connectivity index (χ3n) is 6.57. The SMILES string of the molecule is CCCNC(=O)[C@H](CC)N(Cc1ccccc1C)C(=O)CN(c1ccc(OC)c(Cl)c1)S(=O)(=O)c1ccccc1. The van der Waals surface area contributed by atoms with E-state index in [-0.39, 0.29) is 28.1 Å². The van der Waals surface area contributed by atoms with E-state index in [0.29, 0.717) is 18.7 Å². The topological polar surface area (TPSA) is 96.0 Å². The highest BCUT2D eigenvalue weighted by molar-refractivity contribution is 7.92. The molecule has 0 saturated carbocycles. The summed E-state index contributed by atoms with van der Waals surface area (Å²) in [4.78, 5) is 28.8. The van der Waals surface area contributed by atoms with Crippen LogP contribution in [0.5, 0.6) is 5.75 Å². The van der Waals surface area contributed by atoms with E-state index >= 15 is 0 Å². The number of carbonyl (C=O) groups is 2. The molecule has 3 aromatic carbocycles. The molecule has 8 nitrogen and oxygen atoms in total. The predicted octanol–water partition coefficient (Wildman–Crippen LogP) is 5.19. The summed E-state index contributed by atoms with van der Waals surface area (Å²) in [6.45, 7) is 5.79. The van der Waals surface area contributed by atoms with Crippen LogP contribution in [0.25, 0.3) is 0 Å². The first kappa shape index (κ1) is 31.0. The largest absolute Gasteiger partial charge is 0.495 e. The van der Waals surface area contributed by atoms with Gasteiger partial charge in [0.15, 0.2) is 0 Å². The van der Waals surface area contributed by atoms with Crippen molar-refractivity contribution in [2.45, 2.75) is 51.1 Å². The molecule has 3 aromatic rings. The van der Waals surface area contributed by atoms with Crippen LogP contribution in [0.3, 0.4) is 0 Å². The van der Waals surface area contributed by atoms with Crippen LogP contribution in [-0.4, -0.2) is 51.4 Å². The Balaban J connectivity index is 2.08. The zero-order valence-electron chi connectivity index (χ0n) is 23.3. The number of amides is 2. The molecule has 2 amide bonds. The van der Waals surface area contributed by atoms with Gasteiger partial charge < -0.3 is 15.0 Å². The summed E-state index contributed by atoms with van der Waals surface area (Å²) in [6.07, 6.45) is 1.10. The number of hydrogen-bond donors (Lipinski definition) is 1. The molecule has 0 saturated heterocycles. The van der Waals surface area contributed by atoms with Gasteiger partial charge in [0.2, 0.25) is 11.8 Å². The highest BCUT2D eigenvalue weighted by Gasteiger charge is 2.34. The van der Waals surface area contributed by atoms with Gasteiger partial charge in [-0.3, -0.25) is 13.9 Å². The van der Waals surface area contributed by atoms with E-state index in [1.807, 2.05) is 45.0 Å². The monoisotopic (exact) mass is 585 g/mol. The zero-order valence-corrected chi connectivity index (χ0v) is 24.8. The third-order valence-corrected chi connectivity index (χ3v) is 8.65. The van der Waals surface area contributed by atoms with Crippen molar-refractivity contribution >= 4 is 39.1 Å². The number of carbonyl (C=O) groups excluding carboxylic acids is 2. The maximum Gasteiger partial charge on any atom is 0.264 e. The first-order valence-electron chi connectivity index (χ1n) is 13.2. The minimum atomic E-state index is -4.18. The van der Waals surface area contributed by atoms with Crippen molar-refractivity contribution in [1.82, 2.24) is 10.2 Å². The highest BCUT2D eigenvalue weighted by Crippen LogP contribution is 2.32. The number of aryl methyl sites for hydroxylation is 1. The molecule has 0 unspecified atom stereocenters. The maximum atomic E-state index is 14.1. The van der Waals surface area contributed by atoms with Gasteiger partial charge in [0.05, 0.1) is 22.7 Å². The van der Waals surface area contributed by atoms with Crippen LogP contribution in [0.15, 0.2) is 77.7 Å². The van der Waals surface area contributed by atoms with Crippen LogP contribution in [0.2, 0.25) is 5.02 Å². The Hall–Kier alpha value is -3.56. The Kier molecular flexibility index (Phi) is 11.0. The second-order valence-corrected chi connectivity index (χ2v) is 11.6. The molecule has 3 rings (SSSR count). The van der Waals surface area contributed by atoms with Gasteiger partial charge in [-0.2, -0.15) is 0 Å². The maximum absolute atomic E-state index is 14.1. The molecule has 0 radical (unpaired) electrons. The summed E-state index contributed by atoms with van der Waals surface area (Å²) in [5.74, 6) is -0.432. The highest BCUT2D eigenvalue weighted by atomic mass is 35.5. The molecule has 0 aromatic heterocycles. The van der Waals surface area contributed by atoms with Crippen molar-refractivity contribution in [3.63, 3.8) is 0 Å². The lowest BCUT2D eigenvalue weighted by Crippen LogP contribution is -2.52. The minimum Gasteiger partial charge on any atom is -0.495 e. The minimum absolute atomic E-state index is 0.0212. The van der Waals surface area contributed by atoms with E-state index in [0.717, 1.165) is 21.9 Å². The van der Waals surface area contributed by atoms with Gasteiger partial charge >= 0.3 is 0 Å². The van der Waals surface area contributed by atoms with Crippen LogP contribution in [-0.2, 0) is 26.2 Å². The molecule has 0 spiro atoms. The summed E-state index contributed by atoms with van der Waals surface area (Å²) in [7, 11) is -2.72. The Morgan fingerprint density at radius 2 is 1.68 bits per heavy atom. The Labute approximate surface area is 241 Å². The van der Waals surface area contributed by atoms with Crippen molar-refractivity contribution < 1.29 is 22.7 Å². The third kappa shape index (κ3) is 7.34. The van der Waals surface area contributed by atoms with E-state index in [1.54, 1.807) is 24.3 Å². The molecule has 214 valence electrons. The van der Waals surface area contributed by atoms with Crippen molar-refractivity contribution in [2.24, 2.45) is 0 Å². The number of methoxy groups -OCH3 is 1. The average molecular weight is 586 g/mol. The predicted molar refractivity (Wildman–Crippen MR) is 158 cm³/mol. The van der Waals surface area contributed by atoms with E-state index in [2.05, 4.69) is 5.32 Å². The Bertz CT molecular complexity index is 1420. The summed E-state index contributed by atoms with van der Waals surface area (Å²) >= 11 is 6.36. The van der Waals surface area contributed by atoms with Gasteiger partial charge in [-0.05, 0) is 61.2 Å². The average Bonchev–Trinajstić information content (AvgIpc) is 2.95. The zero-order chi connectivity index (χ0) is 29.3. The lowest BCUT2D eigenvalue weighted by molar-refractivity contribution is -0.140. The van der Waals surface area contributed by atoms with Gasteiger partial charge in [-0.1, -0.05) is 67.9 Å². The first-order chi connectivity index (χ1) is 19.1. The normalized spacial score (nSPS) is 11.9. The molecule has 0 aliphatic rings. The Morgan fingerprint density at radius 3 is 2.27 bits per heavy atom. The number of nitrogens with zero attached hydrogens (tertiary/aromatic N) is 2. The molecule has 0 heterocycles. The summed E-state index contributed by atoms with van der Waals surface area (Å²) in [5, 5.41) is 3.08. The fraction of sp³-hybridized carbons (Fsp3) is 0.333. The lowest BCUT2D eigenvalue weighted by Gasteiger charge is -2.33. The van der Waals surface area contributed by atoms with Crippen LogP contribution in [0.4, 0.5) is 5.69 Å². The number of benzene rings is 3.